The smallest absolute Gasteiger partial charge is 0.0551 e. The third-order valence-electron chi connectivity index (χ3n) is 8.68. The van der Waals surface area contributed by atoms with Gasteiger partial charge in [-0.3, -0.25) is 0 Å². The molecule has 2 aromatic carbocycles. The van der Waals surface area contributed by atoms with E-state index in [1.165, 1.54) is 55.9 Å². The van der Waals surface area contributed by atoms with E-state index in [1.54, 1.807) is 6.08 Å². The van der Waals surface area contributed by atoms with E-state index >= 15 is 0 Å². The summed E-state index contributed by atoms with van der Waals surface area (Å²) < 4.78 is 0. The molecule has 4 aliphatic rings. The second-order valence-electron chi connectivity index (χ2n) is 11.8. The lowest BCUT2D eigenvalue weighted by Crippen LogP contribution is -2.25. The zero-order chi connectivity index (χ0) is 29.8. The number of fused-ring (bicyclic) bond motifs is 5. The molecule has 212 valence electrons. The Balaban J connectivity index is 1.61. The molecule has 0 saturated carbocycles. The van der Waals surface area contributed by atoms with Crippen LogP contribution in [0.1, 0.15) is 67.9 Å². The summed E-state index contributed by atoms with van der Waals surface area (Å²) in [6.45, 7) is 10.6. The van der Waals surface area contributed by atoms with Crippen LogP contribution in [0.25, 0.3) is 23.3 Å². The SMILES string of the molecule is C=C/C=C\C=Cc1ccc2c(c1)C(C)(C)c1c3c(cc(N(C4=CC=C=C=C4)C4=CCCC=C4/C=C\C=C/C)c1-2)CCC=C3. The fourth-order valence-corrected chi connectivity index (χ4v) is 6.73. The topological polar surface area (TPSA) is 3.24 Å². The lowest BCUT2D eigenvalue weighted by Gasteiger charge is -2.35. The Morgan fingerprint density at radius 2 is 1.79 bits per heavy atom. The molecule has 0 heterocycles. The molecule has 43 heavy (non-hydrogen) atoms. The van der Waals surface area contributed by atoms with Crippen LogP contribution in [0.15, 0.2) is 144 Å². The summed E-state index contributed by atoms with van der Waals surface area (Å²) in [6, 6.07) is 9.44. The highest BCUT2D eigenvalue weighted by atomic mass is 15.2. The fourth-order valence-electron chi connectivity index (χ4n) is 6.73. The molecule has 0 aliphatic heterocycles. The molecule has 0 fully saturated rings. The molecule has 4 aliphatic carbocycles. The number of allylic oxidation sites excluding steroid dienone is 14. The van der Waals surface area contributed by atoms with Crippen LogP contribution in [0.4, 0.5) is 5.69 Å². The predicted molar refractivity (Wildman–Crippen MR) is 186 cm³/mol. The third kappa shape index (κ3) is 5.31. The van der Waals surface area contributed by atoms with E-state index in [2.05, 4.69) is 141 Å². The molecule has 0 spiro atoms. The first-order valence-electron chi connectivity index (χ1n) is 15.4. The highest BCUT2D eigenvalue weighted by Gasteiger charge is 2.41. The molecule has 0 amide bonds. The summed E-state index contributed by atoms with van der Waals surface area (Å²) in [5, 5.41) is 0. The maximum absolute atomic E-state index is 3.78. The zero-order valence-electron chi connectivity index (χ0n) is 25.5. The van der Waals surface area contributed by atoms with Gasteiger partial charge in [0, 0.05) is 22.8 Å². The molecule has 0 atom stereocenters. The van der Waals surface area contributed by atoms with Crippen molar-refractivity contribution in [2.45, 2.75) is 51.9 Å². The quantitative estimate of drug-likeness (QED) is 0.230. The lowest BCUT2D eigenvalue weighted by molar-refractivity contribution is 0.656. The van der Waals surface area contributed by atoms with E-state index in [0.717, 1.165) is 31.4 Å². The van der Waals surface area contributed by atoms with Gasteiger partial charge in [0.1, 0.15) is 0 Å². The van der Waals surface area contributed by atoms with Crippen molar-refractivity contribution in [3.63, 3.8) is 0 Å². The van der Waals surface area contributed by atoms with Crippen LogP contribution < -0.4 is 4.90 Å². The molecule has 0 N–H and O–H groups in total. The van der Waals surface area contributed by atoms with Crippen molar-refractivity contribution in [2.75, 3.05) is 4.90 Å². The Kier molecular flexibility index (Phi) is 8.04. The van der Waals surface area contributed by atoms with Crippen LogP contribution in [0.2, 0.25) is 0 Å². The summed E-state index contributed by atoms with van der Waals surface area (Å²) in [5.41, 5.74) is 20.5. The minimum absolute atomic E-state index is 0.152. The van der Waals surface area contributed by atoms with Gasteiger partial charge in [0.25, 0.3) is 0 Å². The van der Waals surface area contributed by atoms with E-state index in [1.807, 2.05) is 18.2 Å². The number of nitrogens with zero attached hydrogens (tertiary/aromatic N) is 1. The Morgan fingerprint density at radius 3 is 2.60 bits per heavy atom. The van der Waals surface area contributed by atoms with Gasteiger partial charge in [0.05, 0.1) is 11.4 Å². The average molecular weight is 558 g/mol. The van der Waals surface area contributed by atoms with E-state index < -0.39 is 0 Å². The van der Waals surface area contributed by atoms with Crippen LogP contribution in [0, 0.1) is 0 Å². The second kappa shape index (κ2) is 12.2. The summed E-state index contributed by atoms with van der Waals surface area (Å²) >= 11 is 0. The van der Waals surface area contributed by atoms with E-state index in [4.69, 9.17) is 0 Å². The largest absolute Gasteiger partial charge is 0.309 e. The van der Waals surface area contributed by atoms with Crippen LogP contribution in [0.3, 0.4) is 0 Å². The molecule has 0 bridgehead atoms. The van der Waals surface area contributed by atoms with Gasteiger partial charge >= 0.3 is 0 Å². The van der Waals surface area contributed by atoms with E-state index in [-0.39, 0.29) is 5.41 Å². The average Bonchev–Trinajstić information content (AvgIpc) is 3.27. The minimum Gasteiger partial charge on any atom is -0.309 e. The van der Waals surface area contributed by atoms with Gasteiger partial charge in [0.2, 0.25) is 0 Å². The van der Waals surface area contributed by atoms with Crippen molar-refractivity contribution < 1.29 is 0 Å². The van der Waals surface area contributed by atoms with Gasteiger partial charge in [-0.1, -0.05) is 129 Å². The maximum atomic E-state index is 3.78. The van der Waals surface area contributed by atoms with Crippen molar-refractivity contribution in [3.8, 4) is 11.1 Å². The Hall–Kier alpha value is -4.80. The van der Waals surface area contributed by atoms with Crippen LogP contribution in [-0.2, 0) is 11.8 Å². The number of rotatable bonds is 8. The van der Waals surface area contributed by atoms with Gasteiger partial charge in [-0.25, -0.2) is 0 Å². The Morgan fingerprint density at radius 1 is 0.930 bits per heavy atom. The van der Waals surface area contributed by atoms with Gasteiger partial charge in [-0.05, 0) is 89.8 Å². The molecular weight excluding hydrogens is 518 g/mol. The van der Waals surface area contributed by atoms with Crippen molar-refractivity contribution in [2.24, 2.45) is 0 Å². The third-order valence-corrected chi connectivity index (χ3v) is 8.68. The monoisotopic (exact) mass is 557 g/mol. The molecule has 0 saturated heterocycles. The first-order chi connectivity index (χ1) is 21.0. The molecular formula is C42H39N. The number of aryl methyl sites for hydroxylation is 1. The maximum Gasteiger partial charge on any atom is 0.0551 e. The Bertz CT molecular complexity index is 1820. The molecule has 6 rings (SSSR count). The highest BCUT2D eigenvalue weighted by Crippen LogP contribution is 2.56. The normalized spacial score (nSPS) is 17.9. The van der Waals surface area contributed by atoms with E-state index in [0.29, 0.717) is 0 Å². The van der Waals surface area contributed by atoms with Gasteiger partial charge in [-0.2, -0.15) is 0 Å². The van der Waals surface area contributed by atoms with Crippen LogP contribution in [0.5, 0.6) is 0 Å². The van der Waals surface area contributed by atoms with Crippen molar-refractivity contribution in [1.82, 2.24) is 0 Å². The minimum atomic E-state index is -0.152. The number of hydrogen-bond acceptors (Lipinski definition) is 1. The highest BCUT2D eigenvalue weighted by molar-refractivity contribution is 5.96. The number of anilines is 1. The molecule has 0 unspecified atom stereocenters. The van der Waals surface area contributed by atoms with Crippen molar-refractivity contribution >= 4 is 17.8 Å². The van der Waals surface area contributed by atoms with Crippen molar-refractivity contribution in [3.05, 3.63) is 172 Å². The molecule has 1 nitrogen and oxygen atoms in total. The van der Waals surface area contributed by atoms with Crippen LogP contribution in [-0.4, -0.2) is 0 Å². The summed E-state index contributed by atoms with van der Waals surface area (Å²) in [6.07, 6.45) is 38.5. The first kappa shape index (κ1) is 28.3. The molecule has 0 aromatic heterocycles. The lowest BCUT2D eigenvalue weighted by atomic mass is 9.77. The van der Waals surface area contributed by atoms with Crippen molar-refractivity contribution in [1.29, 1.82) is 0 Å². The number of benzene rings is 2. The van der Waals surface area contributed by atoms with Crippen LogP contribution >= 0.6 is 0 Å². The summed E-state index contributed by atoms with van der Waals surface area (Å²) in [5.74, 6) is 0. The molecule has 0 radical (unpaired) electrons. The van der Waals surface area contributed by atoms with E-state index in [9.17, 15) is 0 Å². The summed E-state index contributed by atoms with van der Waals surface area (Å²) in [7, 11) is 0. The predicted octanol–water partition coefficient (Wildman–Crippen LogP) is 11.0. The number of hydrogen-bond donors (Lipinski definition) is 0. The first-order valence-corrected chi connectivity index (χ1v) is 15.4. The molecule has 2 aromatic rings. The van der Waals surface area contributed by atoms with Gasteiger partial charge in [-0.15, -0.1) is 0 Å². The molecule has 1 heteroatoms. The fraction of sp³-hybridized carbons (Fsp3) is 0.190. The Labute approximate surface area is 257 Å². The zero-order valence-corrected chi connectivity index (χ0v) is 25.5. The standard InChI is InChI=1S/C42H39N/c1-5-7-9-12-19-31-27-28-36-37(29-31)42(3,4)41-35-25-17-15-22-33(35)30-39(40(36)41)43(34-23-13-10-14-24-34)38-26-18-16-21-32(38)20-11-8-6-2/h5-9,11-13,17,19-21,23-30H,1,15-16,18,22H2,2-4H3/b8-6-,9-7-,19-12?,20-11-. The second-order valence-corrected chi connectivity index (χ2v) is 11.8. The van der Waals surface area contributed by atoms with Gasteiger partial charge in [0.15, 0.2) is 0 Å². The summed E-state index contributed by atoms with van der Waals surface area (Å²) in [4.78, 5) is 2.48. The van der Waals surface area contributed by atoms with Gasteiger partial charge < -0.3 is 4.90 Å².